The number of likely N-dealkylation sites (N-methyl/N-ethyl adjacent to an activating group) is 1. The van der Waals surface area contributed by atoms with Crippen molar-refractivity contribution in [3.05, 3.63) is 41.6 Å². The topological polar surface area (TPSA) is 49.0 Å². The van der Waals surface area contributed by atoms with Crippen LogP contribution in [0.5, 0.6) is 0 Å². The van der Waals surface area contributed by atoms with E-state index in [1.54, 1.807) is 4.90 Å². The predicted octanol–water partition coefficient (Wildman–Crippen LogP) is 2.82. The molecular weight excluding hydrogens is 262 g/mol. The molecule has 0 fully saturated rings. The van der Waals surface area contributed by atoms with Gasteiger partial charge in [-0.3, -0.25) is 4.79 Å². The van der Waals surface area contributed by atoms with E-state index >= 15 is 0 Å². The van der Waals surface area contributed by atoms with Crippen molar-refractivity contribution in [1.29, 1.82) is 5.26 Å². The number of anilines is 1. The number of fused-ring (bicyclic) bond motifs is 1. The highest BCUT2D eigenvalue weighted by molar-refractivity contribution is 6.07. The van der Waals surface area contributed by atoms with Gasteiger partial charge in [-0.15, -0.1) is 0 Å². The number of amides is 1. The normalized spacial score (nSPS) is 16.0. The second kappa shape index (κ2) is 4.23. The number of hydrogen-bond donors (Lipinski definition) is 0. The maximum absolute atomic E-state index is 12.3. The fraction of sp³-hybridized carbons (Fsp3) is 0.294. The molecule has 0 spiro atoms. The zero-order chi connectivity index (χ0) is 15.4. The molecule has 0 saturated carbocycles. The lowest BCUT2D eigenvalue weighted by atomic mass is 9.85. The Morgan fingerprint density at radius 2 is 1.86 bits per heavy atom. The quantitative estimate of drug-likeness (QED) is 0.806. The highest BCUT2D eigenvalue weighted by Crippen LogP contribution is 2.42. The summed E-state index contributed by atoms with van der Waals surface area (Å²) >= 11 is 0. The molecule has 0 radical (unpaired) electrons. The average molecular weight is 279 g/mol. The van der Waals surface area contributed by atoms with Gasteiger partial charge in [0.2, 0.25) is 5.91 Å². The first-order valence-corrected chi connectivity index (χ1v) is 6.87. The molecule has 0 atom stereocenters. The van der Waals surface area contributed by atoms with Gasteiger partial charge < -0.3 is 9.47 Å². The monoisotopic (exact) mass is 279 g/mol. The van der Waals surface area contributed by atoms with E-state index < -0.39 is 5.41 Å². The van der Waals surface area contributed by atoms with E-state index in [1.165, 1.54) is 0 Å². The molecule has 1 aliphatic heterocycles. The third-order valence-electron chi connectivity index (χ3n) is 4.40. The van der Waals surface area contributed by atoms with E-state index in [4.69, 9.17) is 5.26 Å². The Bertz CT molecular complexity index is 793. The minimum absolute atomic E-state index is 0.110. The summed E-state index contributed by atoms with van der Waals surface area (Å²) in [5.74, 6) is 0.110. The molecule has 1 aromatic carbocycles. The molecular formula is C17H17N3O. The number of hydrogen-bond acceptors (Lipinski definition) is 2. The lowest BCUT2D eigenvalue weighted by Crippen LogP contribution is -2.33. The van der Waals surface area contributed by atoms with Crippen molar-refractivity contribution in [2.45, 2.75) is 19.3 Å². The molecule has 0 unspecified atom stereocenters. The van der Waals surface area contributed by atoms with Gasteiger partial charge in [-0.1, -0.05) is 6.07 Å². The molecule has 0 aliphatic carbocycles. The summed E-state index contributed by atoms with van der Waals surface area (Å²) in [5.41, 5.74) is 4.11. The van der Waals surface area contributed by atoms with Crippen molar-refractivity contribution in [3.8, 4) is 17.3 Å². The fourth-order valence-corrected chi connectivity index (χ4v) is 3.05. The van der Waals surface area contributed by atoms with E-state index in [1.807, 2.05) is 56.8 Å². The fourth-order valence-electron chi connectivity index (χ4n) is 3.05. The highest BCUT2D eigenvalue weighted by Gasteiger charge is 2.42. The van der Waals surface area contributed by atoms with Crippen LogP contribution in [0.15, 0.2) is 30.3 Å². The number of carbonyl (C=O) groups excluding carboxylic acids is 1. The van der Waals surface area contributed by atoms with E-state index in [2.05, 4.69) is 12.1 Å². The van der Waals surface area contributed by atoms with Crippen LogP contribution < -0.4 is 4.90 Å². The summed E-state index contributed by atoms with van der Waals surface area (Å²) in [6.07, 6.45) is 0. The van der Waals surface area contributed by atoms with Gasteiger partial charge in [-0.25, -0.2) is 0 Å². The van der Waals surface area contributed by atoms with E-state index in [0.717, 1.165) is 22.5 Å². The average Bonchev–Trinajstić information content (AvgIpc) is 2.92. The predicted molar refractivity (Wildman–Crippen MR) is 82.0 cm³/mol. The van der Waals surface area contributed by atoms with Crippen molar-refractivity contribution in [3.63, 3.8) is 0 Å². The molecule has 3 rings (SSSR count). The molecule has 0 N–H and O–H groups in total. The maximum Gasteiger partial charge on any atom is 0.236 e. The molecule has 1 aliphatic rings. The summed E-state index contributed by atoms with van der Waals surface area (Å²) in [4.78, 5) is 14.0. The number of rotatable bonds is 1. The first-order chi connectivity index (χ1) is 9.87. The van der Waals surface area contributed by atoms with Gasteiger partial charge in [0.05, 0.1) is 5.41 Å². The van der Waals surface area contributed by atoms with Gasteiger partial charge in [0.25, 0.3) is 0 Å². The van der Waals surface area contributed by atoms with Crippen molar-refractivity contribution in [2.75, 3.05) is 11.9 Å². The molecule has 21 heavy (non-hydrogen) atoms. The number of carbonyl (C=O) groups is 1. The van der Waals surface area contributed by atoms with Crippen LogP contribution in [0.3, 0.4) is 0 Å². The summed E-state index contributed by atoms with van der Waals surface area (Å²) in [7, 11) is 3.69. The smallest absolute Gasteiger partial charge is 0.236 e. The minimum atomic E-state index is -0.511. The maximum atomic E-state index is 12.3. The van der Waals surface area contributed by atoms with E-state index in [0.29, 0.717) is 5.69 Å². The Kier molecular flexibility index (Phi) is 2.70. The highest BCUT2D eigenvalue weighted by atomic mass is 16.2. The molecule has 0 bridgehead atoms. The molecule has 4 heteroatoms. The van der Waals surface area contributed by atoms with Crippen LogP contribution in [-0.4, -0.2) is 17.5 Å². The van der Waals surface area contributed by atoms with Gasteiger partial charge in [0, 0.05) is 25.5 Å². The first kappa shape index (κ1) is 13.4. The minimum Gasteiger partial charge on any atom is -0.335 e. The van der Waals surface area contributed by atoms with E-state index in [9.17, 15) is 4.79 Å². The second-order valence-corrected chi connectivity index (χ2v) is 6.00. The van der Waals surface area contributed by atoms with E-state index in [-0.39, 0.29) is 5.91 Å². The Labute approximate surface area is 124 Å². The number of nitrogens with zero attached hydrogens (tertiary/aromatic N) is 3. The zero-order valence-electron chi connectivity index (χ0n) is 12.6. The molecule has 1 aromatic heterocycles. The summed E-state index contributed by atoms with van der Waals surface area (Å²) < 4.78 is 1.87. The summed E-state index contributed by atoms with van der Waals surface area (Å²) in [6, 6.07) is 12.0. The molecule has 106 valence electrons. The summed E-state index contributed by atoms with van der Waals surface area (Å²) in [5, 5.41) is 9.06. The van der Waals surface area contributed by atoms with Crippen LogP contribution in [0.2, 0.25) is 0 Å². The van der Waals surface area contributed by atoms with Gasteiger partial charge >= 0.3 is 0 Å². The van der Waals surface area contributed by atoms with Gasteiger partial charge in [0.1, 0.15) is 11.8 Å². The van der Waals surface area contributed by atoms with Crippen LogP contribution in [0.4, 0.5) is 5.69 Å². The number of nitriles is 1. The van der Waals surface area contributed by atoms with Crippen LogP contribution in [0.25, 0.3) is 11.3 Å². The SMILES string of the molecule is CN1C(=O)C(C)(C)c2cc(-c3ccc(C#N)n3C)ccc21. The van der Waals surface area contributed by atoms with Crippen molar-refractivity contribution < 1.29 is 4.79 Å². The van der Waals surface area contributed by atoms with Crippen molar-refractivity contribution >= 4 is 11.6 Å². The molecule has 2 aromatic rings. The van der Waals surface area contributed by atoms with Crippen LogP contribution in [0.1, 0.15) is 25.1 Å². The zero-order valence-corrected chi connectivity index (χ0v) is 12.6. The van der Waals surface area contributed by atoms with Gasteiger partial charge in [-0.05, 0) is 49.2 Å². The third-order valence-corrected chi connectivity index (χ3v) is 4.40. The standard InChI is InChI=1S/C17H17N3O/c1-17(2)13-9-11(5-7-15(13)20(4)16(17)21)14-8-6-12(10-18)19(14)3/h5-9H,1-4H3. The first-order valence-electron chi connectivity index (χ1n) is 6.87. The Morgan fingerprint density at radius 1 is 1.14 bits per heavy atom. The van der Waals surface area contributed by atoms with Crippen molar-refractivity contribution in [1.82, 2.24) is 4.57 Å². The number of benzene rings is 1. The number of aromatic nitrogens is 1. The second-order valence-electron chi connectivity index (χ2n) is 6.00. The largest absolute Gasteiger partial charge is 0.335 e. The summed E-state index contributed by atoms with van der Waals surface area (Å²) in [6.45, 7) is 3.90. The van der Waals surface area contributed by atoms with Gasteiger partial charge in [0.15, 0.2) is 0 Å². The van der Waals surface area contributed by atoms with Crippen molar-refractivity contribution in [2.24, 2.45) is 7.05 Å². The molecule has 0 saturated heterocycles. The third kappa shape index (κ3) is 1.71. The van der Waals surface area contributed by atoms with Crippen LogP contribution >= 0.6 is 0 Å². The molecule has 4 nitrogen and oxygen atoms in total. The Morgan fingerprint density at radius 3 is 2.48 bits per heavy atom. The molecule has 2 heterocycles. The van der Waals surface area contributed by atoms with Crippen LogP contribution in [-0.2, 0) is 17.3 Å². The van der Waals surface area contributed by atoms with Crippen LogP contribution in [0, 0.1) is 11.3 Å². The molecule has 1 amide bonds. The Balaban J connectivity index is 2.18. The lowest BCUT2D eigenvalue weighted by Gasteiger charge is -2.17. The lowest BCUT2D eigenvalue weighted by molar-refractivity contribution is -0.121. The van der Waals surface area contributed by atoms with Gasteiger partial charge in [-0.2, -0.15) is 5.26 Å². The Hall–Kier alpha value is -2.54.